The second-order valence-electron chi connectivity index (χ2n) is 5.49. The van der Waals surface area contributed by atoms with E-state index in [1.807, 2.05) is 0 Å². The first-order chi connectivity index (χ1) is 7.86. The molecule has 0 spiro atoms. The summed E-state index contributed by atoms with van der Waals surface area (Å²) in [6.45, 7) is 1.72. The maximum atomic E-state index is 5.58. The molecule has 0 saturated heterocycles. The van der Waals surface area contributed by atoms with E-state index in [0.29, 0.717) is 0 Å². The van der Waals surface area contributed by atoms with Crippen LogP contribution in [-0.2, 0) is 0 Å². The Morgan fingerprint density at radius 2 is 1.00 bits per heavy atom. The SMILES string of the molecule is C1CCCCC1.NCC1CCCC(CN)C1. The maximum absolute atomic E-state index is 5.58. The van der Waals surface area contributed by atoms with Gasteiger partial charge in [-0.15, -0.1) is 0 Å². The molecule has 2 saturated carbocycles. The van der Waals surface area contributed by atoms with Crippen molar-refractivity contribution in [3.63, 3.8) is 0 Å². The average Bonchev–Trinajstić information content (AvgIpc) is 2.41. The summed E-state index contributed by atoms with van der Waals surface area (Å²) in [5.74, 6) is 1.53. The number of hydrogen-bond donors (Lipinski definition) is 2. The average molecular weight is 226 g/mol. The van der Waals surface area contributed by atoms with Crippen LogP contribution in [0.1, 0.15) is 64.2 Å². The van der Waals surface area contributed by atoms with Crippen molar-refractivity contribution in [2.75, 3.05) is 13.1 Å². The van der Waals surface area contributed by atoms with Gasteiger partial charge in [0.15, 0.2) is 0 Å². The second kappa shape index (κ2) is 9.00. The predicted molar refractivity (Wildman–Crippen MR) is 71.3 cm³/mol. The summed E-state index contributed by atoms with van der Waals surface area (Å²) >= 11 is 0. The Morgan fingerprint density at radius 3 is 1.31 bits per heavy atom. The van der Waals surface area contributed by atoms with Crippen molar-refractivity contribution >= 4 is 0 Å². The van der Waals surface area contributed by atoms with Crippen LogP contribution in [-0.4, -0.2) is 13.1 Å². The summed E-state index contributed by atoms with van der Waals surface area (Å²) in [5, 5.41) is 0. The Balaban J connectivity index is 0.000000181. The Bertz CT molecular complexity index is 133. The molecule has 0 aliphatic heterocycles. The first-order valence-electron chi connectivity index (χ1n) is 7.27. The van der Waals surface area contributed by atoms with Gasteiger partial charge in [-0.1, -0.05) is 44.9 Å². The van der Waals surface area contributed by atoms with Crippen molar-refractivity contribution in [2.24, 2.45) is 23.3 Å². The van der Waals surface area contributed by atoms with Crippen LogP contribution in [0.3, 0.4) is 0 Å². The van der Waals surface area contributed by atoms with Crippen molar-refractivity contribution in [3.05, 3.63) is 0 Å². The highest BCUT2D eigenvalue weighted by molar-refractivity contribution is 4.73. The predicted octanol–water partition coefficient (Wildman–Crippen LogP) is 3.05. The largest absolute Gasteiger partial charge is 0.330 e. The zero-order valence-electron chi connectivity index (χ0n) is 10.8. The summed E-state index contributed by atoms with van der Waals surface area (Å²) in [6.07, 6.45) is 14.3. The van der Waals surface area contributed by atoms with E-state index in [2.05, 4.69) is 0 Å². The van der Waals surface area contributed by atoms with Crippen LogP contribution in [0.2, 0.25) is 0 Å². The molecular formula is C14H30N2. The highest BCUT2D eigenvalue weighted by Crippen LogP contribution is 2.27. The monoisotopic (exact) mass is 226 g/mol. The first-order valence-corrected chi connectivity index (χ1v) is 7.27. The molecule has 0 amide bonds. The van der Waals surface area contributed by atoms with Gasteiger partial charge in [-0.05, 0) is 44.2 Å². The van der Waals surface area contributed by atoms with Crippen molar-refractivity contribution in [1.29, 1.82) is 0 Å². The molecule has 2 heteroatoms. The summed E-state index contributed by atoms with van der Waals surface area (Å²) < 4.78 is 0. The first kappa shape index (κ1) is 14.0. The normalized spacial score (nSPS) is 30.4. The minimum Gasteiger partial charge on any atom is -0.330 e. The molecule has 2 unspecified atom stereocenters. The molecule has 0 heterocycles. The lowest BCUT2D eigenvalue weighted by Crippen LogP contribution is -2.26. The van der Waals surface area contributed by atoms with Crippen LogP contribution < -0.4 is 11.5 Å². The van der Waals surface area contributed by atoms with Gasteiger partial charge >= 0.3 is 0 Å². The fourth-order valence-electron chi connectivity index (χ4n) is 2.89. The van der Waals surface area contributed by atoms with Crippen LogP contribution >= 0.6 is 0 Å². The van der Waals surface area contributed by atoms with E-state index in [4.69, 9.17) is 11.5 Å². The molecule has 2 aliphatic carbocycles. The summed E-state index contributed by atoms with van der Waals surface area (Å²) in [6, 6.07) is 0. The summed E-state index contributed by atoms with van der Waals surface area (Å²) in [4.78, 5) is 0. The van der Waals surface area contributed by atoms with Gasteiger partial charge in [0.25, 0.3) is 0 Å². The minimum atomic E-state index is 0.766. The quantitative estimate of drug-likeness (QED) is 0.760. The lowest BCUT2D eigenvalue weighted by Gasteiger charge is -2.26. The fraction of sp³-hybridized carbons (Fsp3) is 1.00. The molecule has 2 fully saturated rings. The molecule has 0 radical (unpaired) electrons. The lowest BCUT2D eigenvalue weighted by atomic mass is 9.81. The third-order valence-electron chi connectivity index (χ3n) is 4.06. The van der Waals surface area contributed by atoms with Crippen LogP contribution in [0, 0.1) is 11.8 Å². The van der Waals surface area contributed by atoms with Gasteiger partial charge in [-0.2, -0.15) is 0 Å². The van der Waals surface area contributed by atoms with E-state index < -0.39 is 0 Å². The fourth-order valence-corrected chi connectivity index (χ4v) is 2.89. The van der Waals surface area contributed by atoms with E-state index in [-0.39, 0.29) is 0 Å². The molecular weight excluding hydrogens is 196 g/mol. The second-order valence-corrected chi connectivity index (χ2v) is 5.49. The number of nitrogens with two attached hydrogens (primary N) is 2. The van der Waals surface area contributed by atoms with E-state index in [1.54, 1.807) is 0 Å². The smallest absolute Gasteiger partial charge is 0.00488 e. The van der Waals surface area contributed by atoms with Crippen LogP contribution in [0.15, 0.2) is 0 Å². The molecule has 2 rings (SSSR count). The lowest BCUT2D eigenvalue weighted by molar-refractivity contribution is 0.277. The summed E-state index contributed by atoms with van der Waals surface area (Å²) in [7, 11) is 0. The van der Waals surface area contributed by atoms with Crippen molar-refractivity contribution in [3.8, 4) is 0 Å². The Kier molecular flexibility index (Phi) is 7.87. The molecule has 0 aromatic heterocycles. The highest BCUT2D eigenvalue weighted by Gasteiger charge is 2.19. The Hall–Kier alpha value is -0.0800. The van der Waals surface area contributed by atoms with Gasteiger partial charge < -0.3 is 11.5 Å². The van der Waals surface area contributed by atoms with E-state index in [9.17, 15) is 0 Å². The number of hydrogen-bond acceptors (Lipinski definition) is 2. The van der Waals surface area contributed by atoms with Gasteiger partial charge in [0.05, 0.1) is 0 Å². The molecule has 4 N–H and O–H groups in total. The van der Waals surface area contributed by atoms with E-state index in [1.165, 1.54) is 64.2 Å². The van der Waals surface area contributed by atoms with Crippen LogP contribution in [0.5, 0.6) is 0 Å². The topological polar surface area (TPSA) is 52.0 Å². The van der Waals surface area contributed by atoms with Crippen molar-refractivity contribution < 1.29 is 0 Å². The molecule has 2 atom stereocenters. The third kappa shape index (κ3) is 5.86. The molecule has 0 aromatic rings. The third-order valence-corrected chi connectivity index (χ3v) is 4.06. The highest BCUT2D eigenvalue weighted by atomic mass is 14.6. The minimum absolute atomic E-state index is 0.766. The molecule has 2 aliphatic rings. The maximum Gasteiger partial charge on any atom is -0.00488 e. The number of rotatable bonds is 2. The Morgan fingerprint density at radius 1 is 0.625 bits per heavy atom. The molecule has 0 aromatic carbocycles. The van der Waals surface area contributed by atoms with Gasteiger partial charge in [0.2, 0.25) is 0 Å². The van der Waals surface area contributed by atoms with Gasteiger partial charge in [-0.3, -0.25) is 0 Å². The van der Waals surface area contributed by atoms with Gasteiger partial charge in [0, 0.05) is 0 Å². The van der Waals surface area contributed by atoms with Crippen molar-refractivity contribution in [2.45, 2.75) is 64.2 Å². The van der Waals surface area contributed by atoms with Crippen LogP contribution in [0.4, 0.5) is 0 Å². The standard InChI is InChI=1S/C8H18N2.C6H12/c9-5-7-2-1-3-8(4-7)6-10;1-2-4-6-5-3-1/h7-8H,1-6,9-10H2;1-6H2. The zero-order valence-corrected chi connectivity index (χ0v) is 10.8. The van der Waals surface area contributed by atoms with Crippen LogP contribution in [0.25, 0.3) is 0 Å². The van der Waals surface area contributed by atoms with E-state index in [0.717, 1.165) is 24.9 Å². The molecule has 96 valence electrons. The Labute approximate surface area is 101 Å². The van der Waals surface area contributed by atoms with Gasteiger partial charge in [0.1, 0.15) is 0 Å². The molecule has 16 heavy (non-hydrogen) atoms. The van der Waals surface area contributed by atoms with Crippen molar-refractivity contribution in [1.82, 2.24) is 0 Å². The molecule has 2 nitrogen and oxygen atoms in total. The molecule has 0 bridgehead atoms. The summed E-state index contributed by atoms with van der Waals surface area (Å²) in [5.41, 5.74) is 11.2. The zero-order chi connectivity index (χ0) is 11.6. The van der Waals surface area contributed by atoms with Gasteiger partial charge in [-0.25, -0.2) is 0 Å². The van der Waals surface area contributed by atoms with E-state index >= 15 is 0 Å².